The quantitative estimate of drug-likeness (QED) is 0.632. The second-order valence-electron chi connectivity index (χ2n) is 4.38. The van der Waals surface area contributed by atoms with E-state index in [1.807, 2.05) is 6.07 Å². The summed E-state index contributed by atoms with van der Waals surface area (Å²) in [6.07, 6.45) is 0. The lowest BCUT2D eigenvalue weighted by Gasteiger charge is -2.35. The maximum absolute atomic E-state index is 11.6. The largest absolute Gasteiger partial charge is 0.465 e. The standard InChI is InChI=1S/C13H18N2O3/c1-9-8-18-6-5-15(9)10-3-4-12(14)11(7-10)13(16)17-2/h3-4,7,9H,5-6,8,14H2,1-2H3. The molecule has 0 saturated carbocycles. The Balaban J connectivity index is 2.31. The number of morpholine rings is 1. The summed E-state index contributed by atoms with van der Waals surface area (Å²) in [5.74, 6) is -0.407. The number of nitrogen functional groups attached to an aromatic ring is 1. The summed E-state index contributed by atoms with van der Waals surface area (Å²) < 4.78 is 10.1. The number of carbonyl (C=O) groups is 1. The molecular formula is C13H18N2O3. The van der Waals surface area contributed by atoms with Gasteiger partial charge in [-0.15, -0.1) is 0 Å². The summed E-state index contributed by atoms with van der Waals surface area (Å²) >= 11 is 0. The van der Waals surface area contributed by atoms with Gasteiger partial charge in [-0.3, -0.25) is 0 Å². The normalized spacial score (nSPS) is 19.7. The molecule has 1 saturated heterocycles. The Morgan fingerprint density at radius 3 is 3.00 bits per heavy atom. The first-order chi connectivity index (χ1) is 8.63. The fourth-order valence-electron chi connectivity index (χ4n) is 2.12. The molecule has 2 N–H and O–H groups in total. The van der Waals surface area contributed by atoms with Crippen LogP contribution in [0.4, 0.5) is 11.4 Å². The molecular weight excluding hydrogens is 232 g/mol. The number of hydrogen-bond acceptors (Lipinski definition) is 5. The first-order valence-electron chi connectivity index (χ1n) is 5.95. The van der Waals surface area contributed by atoms with Gasteiger partial charge in [-0.25, -0.2) is 4.79 Å². The summed E-state index contributed by atoms with van der Waals surface area (Å²) in [5, 5.41) is 0. The van der Waals surface area contributed by atoms with Gasteiger partial charge in [0.25, 0.3) is 0 Å². The van der Waals surface area contributed by atoms with Gasteiger partial charge in [0.2, 0.25) is 0 Å². The van der Waals surface area contributed by atoms with Crippen LogP contribution in [-0.4, -0.2) is 38.9 Å². The summed E-state index contributed by atoms with van der Waals surface area (Å²) in [4.78, 5) is 13.8. The molecule has 98 valence electrons. The van der Waals surface area contributed by atoms with Crippen molar-refractivity contribution in [1.82, 2.24) is 0 Å². The highest BCUT2D eigenvalue weighted by atomic mass is 16.5. The fourth-order valence-corrected chi connectivity index (χ4v) is 2.12. The van der Waals surface area contributed by atoms with Gasteiger partial charge >= 0.3 is 5.97 Å². The van der Waals surface area contributed by atoms with Gasteiger partial charge in [0.15, 0.2) is 0 Å². The van der Waals surface area contributed by atoms with Gasteiger partial charge in [0.05, 0.1) is 25.9 Å². The number of benzene rings is 1. The Labute approximate surface area is 106 Å². The molecule has 1 heterocycles. The van der Waals surface area contributed by atoms with Gasteiger partial charge in [-0.2, -0.15) is 0 Å². The molecule has 5 nitrogen and oxygen atoms in total. The molecule has 18 heavy (non-hydrogen) atoms. The van der Waals surface area contributed by atoms with Crippen LogP contribution in [0.15, 0.2) is 18.2 Å². The number of nitrogens with two attached hydrogens (primary N) is 1. The molecule has 0 amide bonds. The van der Waals surface area contributed by atoms with Crippen molar-refractivity contribution < 1.29 is 14.3 Å². The predicted molar refractivity (Wildman–Crippen MR) is 69.8 cm³/mol. The summed E-state index contributed by atoms with van der Waals surface area (Å²) in [6, 6.07) is 5.73. The van der Waals surface area contributed by atoms with E-state index in [9.17, 15) is 4.79 Å². The highest BCUT2D eigenvalue weighted by molar-refractivity contribution is 5.96. The monoisotopic (exact) mass is 250 g/mol. The van der Waals surface area contributed by atoms with Crippen molar-refractivity contribution in [2.24, 2.45) is 0 Å². The van der Waals surface area contributed by atoms with E-state index in [0.29, 0.717) is 24.5 Å². The number of rotatable bonds is 2. The molecule has 1 unspecified atom stereocenters. The molecule has 0 aromatic heterocycles. The maximum Gasteiger partial charge on any atom is 0.340 e. The second kappa shape index (κ2) is 5.27. The van der Waals surface area contributed by atoms with Crippen LogP contribution in [0, 0.1) is 0 Å². The molecule has 0 radical (unpaired) electrons. The third kappa shape index (κ3) is 2.41. The Morgan fingerprint density at radius 2 is 2.33 bits per heavy atom. The van der Waals surface area contributed by atoms with Crippen molar-refractivity contribution in [2.75, 3.05) is 37.5 Å². The average molecular weight is 250 g/mol. The van der Waals surface area contributed by atoms with Crippen molar-refractivity contribution >= 4 is 17.3 Å². The van der Waals surface area contributed by atoms with Crippen molar-refractivity contribution in [3.8, 4) is 0 Å². The van der Waals surface area contributed by atoms with E-state index in [4.69, 9.17) is 15.2 Å². The minimum absolute atomic E-state index is 0.285. The molecule has 2 rings (SSSR count). The highest BCUT2D eigenvalue weighted by Crippen LogP contribution is 2.24. The Kier molecular flexibility index (Phi) is 3.72. The minimum atomic E-state index is -0.407. The number of esters is 1. The number of anilines is 2. The smallest absolute Gasteiger partial charge is 0.340 e. The van der Waals surface area contributed by atoms with E-state index in [-0.39, 0.29) is 6.04 Å². The molecule has 5 heteroatoms. The number of carbonyl (C=O) groups excluding carboxylic acids is 1. The topological polar surface area (TPSA) is 64.8 Å². The zero-order valence-electron chi connectivity index (χ0n) is 10.7. The SMILES string of the molecule is COC(=O)c1cc(N2CCOCC2C)ccc1N. The predicted octanol–water partition coefficient (Wildman–Crippen LogP) is 1.28. The molecule has 1 aromatic rings. The molecule has 1 aliphatic rings. The zero-order valence-corrected chi connectivity index (χ0v) is 10.7. The average Bonchev–Trinajstić information content (AvgIpc) is 2.39. The van der Waals surface area contributed by atoms with Crippen LogP contribution in [0.3, 0.4) is 0 Å². The van der Waals surface area contributed by atoms with Gasteiger partial charge < -0.3 is 20.1 Å². The lowest BCUT2D eigenvalue weighted by molar-refractivity contribution is 0.0602. The third-order valence-electron chi connectivity index (χ3n) is 3.14. The van der Waals surface area contributed by atoms with Crippen LogP contribution in [-0.2, 0) is 9.47 Å². The van der Waals surface area contributed by atoms with E-state index in [0.717, 1.165) is 12.2 Å². The lowest BCUT2D eigenvalue weighted by atomic mass is 10.1. The fraction of sp³-hybridized carbons (Fsp3) is 0.462. The van der Waals surface area contributed by atoms with E-state index >= 15 is 0 Å². The Morgan fingerprint density at radius 1 is 1.56 bits per heavy atom. The maximum atomic E-state index is 11.6. The summed E-state index contributed by atoms with van der Waals surface area (Å²) in [6.45, 7) is 4.29. The molecule has 0 aliphatic carbocycles. The van der Waals surface area contributed by atoms with Crippen molar-refractivity contribution in [3.05, 3.63) is 23.8 Å². The number of methoxy groups -OCH3 is 1. The molecule has 1 atom stereocenters. The van der Waals surface area contributed by atoms with E-state index in [2.05, 4.69) is 11.8 Å². The summed E-state index contributed by atoms with van der Waals surface area (Å²) in [5.41, 5.74) is 7.61. The van der Waals surface area contributed by atoms with E-state index in [1.165, 1.54) is 7.11 Å². The zero-order chi connectivity index (χ0) is 13.1. The van der Waals surface area contributed by atoms with Crippen molar-refractivity contribution in [2.45, 2.75) is 13.0 Å². The van der Waals surface area contributed by atoms with Gasteiger partial charge in [-0.1, -0.05) is 0 Å². The van der Waals surface area contributed by atoms with Crippen molar-refractivity contribution in [3.63, 3.8) is 0 Å². The minimum Gasteiger partial charge on any atom is -0.465 e. The molecule has 0 spiro atoms. The van der Waals surface area contributed by atoms with Crippen LogP contribution in [0.1, 0.15) is 17.3 Å². The Bertz CT molecular complexity index is 448. The number of hydrogen-bond donors (Lipinski definition) is 1. The van der Waals surface area contributed by atoms with Crippen LogP contribution >= 0.6 is 0 Å². The first kappa shape index (κ1) is 12.7. The second-order valence-corrected chi connectivity index (χ2v) is 4.38. The lowest BCUT2D eigenvalue weighted by Crippen LogP contribution is -2.43. The van der Waals surface area contributed by atoms with Crippen LogP contribution in [0.25, 0.3) is 0 Å². The molecule has 1 aromatic carbocycles. The van der Waals surface area contributed by atoms with E-state index < -0.39 is 5.97 Å². The highest BCUT2D eigenvalue weighted by Gasteiger charge is 2.21. The molecule has 1 aliphatic heterocycles. The summed E-state index contributed by atoms with van der Waals surface area (Å²) in [7, 11) is 1.35. The van der Waals surface area contributed by atoms with Crippen LogP contribution in [0.2, 0.25) is 0 Å². The third-order valence-corrected chi connectivity index (χ3v) is 3.14. The number of nitrogens with zero attached hydrogens (tertiary/aromatic N) is 1. The van der Waals surface area contributed by atoms with Crippen molar-refractivity contribution in [1.29, 1.82) is 0 Å². The van der Waals surface area contributed by atoms with Gasteiger partial charge in [0.1, 0.15) is 0 Å². The van der Waals surface area contributed by atoms with Gasteiger partial charge in [-0.05, 0) is 25.1 Å². The van der Waals surface area contributed by atoms with E-state index in [1.54, 1.807) is 12.1 Å². The van der Waals surface area contributed by atoms with Crippen LogP contribution in [0.5, 0.6) is 0 Å². The van der Waals surface area contributed by atoms with Crippen LogP contribution < -0.4 is 10.6 Å². The molecule has 0 bridgehead atoms. The van der Waals surface area contributed by atoms with Gasteiger partial charge in [0, 0.05) is 24.0 Å². The Hall–Kier alpha value is -1.75. The first-order valence-corrected chi connectivity index (χ1v) is 5.95. The molecule has 1 fully saturated rings. The number of ether oxygens (including phenoxy) is 2.